The number of nitrogens with zero attached hydrogens (tertiary/aromatic N) is 5. The Labute approximate surface area is 175 Å². The van der Waals surface area contributed by atoms with Crippen molar-refractivity contribution in [2.75, 3.05) is 36.4 Å². The number of anilines is 3. The number of nitrogens with one attached hydrogen (secondary N) is 1. The van der Waals surface area contributed by atoms with Crippen LogP contribution in [0.3, 0.4) is 0 Å². The van der Waals surface area contributed by atoms with E-state index >= 15 is 0 Å². The summed E-state index contributed by atoms with van der Waals surface area (Å²) in [7, 11) is -3.44. The van der Waals surface area contributed by atoms with Gasteiger partial charge in [-0.2, -0.15) is 4.31 Å². The van der Waals surface area contributed by atoms with Gasteiger partial charge in [-0.1, -0.05) is 0 Å². The standard InChI is InChI=1S/C17H17BrN6O2S2/c18-14-1-4-17(27-14)28(25,26)24-11-9-23(10-12-24)16-3-2-15(21-22-16)20-13-5-7-19-8-6-13/h1-8H,9-12H2,(H,19,20,21). The van der Waals surface area contributed by atoms with Gasteiger partial charge in [0.15, 0.2) is 11.6 Å². The first-order valence-corrected chi connectivity index (χ1v) is 11.6. The molecule has 0 aliphatic carbocycles. The maximum Gasteiger partial charge on any atom is 0.252 e. The minimum Gasteiger partial charge on any atom is -0.352 e. The number of piperazine rings is 1. The fourth-order valence-corrected chi connectivity index (χ4v) is 6.45. The zero-order chi connectivity index (χ0) is 19.6. The second kappa shape index (κ2) is 8.11. The molecule has 0 unspecified atom stereocenters. The molecule has 0 amide bonds. The predicted octanol–water partition coefficient (Wildman–Crippen LogP) is 2.95. The first-order valence-electron chi connectivity index (χ1n) is 8.53. The van der Waals surface area contributed by atoms with Crippen molar-refractivity contribution in [3.63, 3.8) is 0 Å². The average Bonchev–Trinajstić information content (AvgIpc) is 3.17. The SMILES string of the molecule is O=S(=O)(c1ccc(Br)s1)N1CCN(c2ccc(Nc3ccncc3)nn2)CC1. The maximum atomic E-state index is 12.7. The van der Waals surface area contributed by atoms with E-state index in [4.69, 9.17) is 0 Å². The second-order valence-electron chi connectivity index (χ2n) is 6.09. The highest BCUT2D eigenvalue weighted by Gasteiger charge is 2.30. The number of sulfonamides is 1. The molecule has 0 saturated carbocycles. The Morgan fingerprint density at radius 1 is 0.964 bits per heavy atom. The number of aromatic nitrogens is 3. The Hall–Kier alpha value is -2.08. The Balaban J connectivity index is 1.38. The van der Waals surface area contributed by atoms with Gasteiger partial charge in [-0.05, 0) is 52.3 Å². The highest BCUT2D eigenvalue weighted by atomic mass is 79.9. The van der Waals surface area contributed by atoms with E-state index in [0.29, 0.717) is 36.2 Å². The molecule has 146 valence electrons. The van der Waals surface area contributed by atoms with E-state index in [1.54, 1.807) is 24.5 Å². The average molecular weight is 481 g/mol. The molecule has 1 N–H and O–H groups in total. The first-order chi connectivity index (χ1) is 13.5. The van der Waals surface area contributed by atoms with Crippen molar-refractivity contribution >= 4 is 54.6 Å². The molecule has 0 radical (unpaired) electrons. The molecule has 4 heterocycles. The number of hydrogen-bond donors (Lipinski definition) is 1. The van der Waals surface area contributed by atoms with Crippen LogP contribution in [0.4, 0.5) is 17.3 Å². The van der Waals surface area contributed by atoms with E-state index in [1.807, 2.05) is 29.2 Å². The lowest BCUT2D eigenvalue weighted by Crippen LogP contribution is -2.48. The van der Waals surface area contributed by atoms with Crippen LogP contribution in [0.2, 0.25) is 0 Å². The molecule has 0 spiro atoms. The van der Waals surface area contributed by atoms with Crippen LogP contribution >= 0.6 is 27.3 Å². The fraction of sp³-hybridized carbons (Fsp3) is 0.235. The zero-order valence-corrected chi connectivity index (χ0v) is 17.9. The normalized spacial score (nSPS) is 15.5. The van der Waals surface area contributed by atoms with Crippen LogP contribution in [0.15, 0.2) is 56.8 Å². The number of hydrogen-bond acceptors (Lipinski definition) is 8. The van der Waals surface area contributed by atoms with Gasteiger partial charge in [0.05, 0.1) is 3.79 Å². The summed E-state index contributed by atoms with van der Waals surface area (Å²) < 4.78 is 28.1. The minimum absolute atomic E-state index is 0.360. The largest absolute Gasteiger partial charge is 0.352 e. The molecule has 3 aromatic heterocycles. The molecule has 28 heavy (non-hydrogen) atoms. The van der Waals surface area contributed by atoms with Gasteiger partial charge >= 0.3 is 0 Å². The third-order valence-corrected chi connectivity index (χ3v) is 8.30. The molecule has 1 aliphatic rings. The number of halogens is 1. The van der Waals surface area contributed by atoms with Crippen molar-refractivity contribution in [2.24, 2.45) is 0 Å². The van der Waals surface area contributed by atoms with Crippen LogP contribution in [-0.2, 0) is 10.0 Å². The predicted molar refractivity (Wildman–Crippen MR) is 113 cm³/mol. The van der Waals surface area contributed by atoms with Crippen molar-refractivity contribution in [2.45, 2.75) is 4.21 Å². The summed E-state index contributed by atoms with van der Waals surface area (Å²) in [6.07, 6.45) is 3.40. The summed E-state index contributed by atoms with van der Waals surface area (Å²) in [6.45, 7) is 1.96. The van der Waals surface area contributed by atoms with Gasteiger partial charge in [0.2, 0.25) is 0 Å². The molecule has 0 aromatic carbocycles. The van der Waals surface area contributed by atoms with E-state index in [0.717, 1.165) is 15.3 Å². The van der Waals surface area contributed by atoms with Gasteiger partial charge in [0, 0.05) is 44.3 Å². The summed E-state index contributed by atoms with van der Waals surface area (Å²) in [5, 5.41) is 11.6. The second-order valence-corrected chi connectivity index (χ2v) is 10.7. The van der Waals surface area contributed by atoms with Gasteiger partial charge in [0.1, 0.15) is 4.21 Å². The Bertz CT molecular complexity index is 1040. The third-order valence-electron chi connectivity index (χ3n) is 4.31. The van der Waals surface area contributed by atoms with E-state index < -0.39 is 10.0 Å². The maximum absolute atomic E-state index is 12.7. The highest BCUT2D eigenvalue weighted by Crippen LogP contribution is 2.29. The third kappa shape index (κ3) is 4.17. The van der Waals surface area contributed by atoms with Gasteiger partial charge in [-0.15, -0.1) is 21.5 Å². The molecule has 1 aliphatic heterocycles. The summed E-state index contributed by atoms with van der Waals surface area (Å²) >= 11 is 4.55. The molecule has 8 nitrogen and oxygen atoms in total. The molecular weight excluding hydrogens is 464 g/mol. The van der Waals surface area contributed by atoms with Gasteiger partial charge in [0.25, 0.3) is 10.0 Å². The van der Waals surface area contributed by atoms with Crippen molar-refractivity contribution < 1.29 is 8.42 Å². The van der Waals surface area contributed by atoms with Crippen LogP contribution < -0.4 is 10.2 Å². The molecule has 1 saturated heterocycles. The molecule has 3 aromatic rings. The van der Waals surface area contributed by atoms with Crippen LogP contribution in [-0.4, -0.2) is 54.1 Å². The summed E-state index contributed by atoms with van der Waals surface area (Å²) in [6, 6.07) is 10.8. The number of rotatable bonds is 5. The summed E-state index contributed by atoms with van der Waals surface area (Å²) in [5.74, 6) is 1.37. The lowest BCUT2D eigenvalue weighted by Gasteiger charge is -2.34. The fourth-order valence-electron chi connectivity index (χ4n) is 2.86. The van der Waals surface area contributed by atoms with Crippen molar-refractivity contribution in [3.8, 4) is 0 Å². The quantitative estimate of drug-likeness (QED) is 0.599. The Morgan fingerprint density at radius 2 is 1.71 bits per heavy atom. The minimum atomic E-state index is -3.44. The van der Waals surface area contributed by atoms with E-state index in [9.17, 15) is 8.42 Å². The summed E-state index contributed by atoms with van der Waals surface area (Å²) in [4.78, 5) is 6.02. The van der Waals surface area contributed by atoms with Crippen LogP contribution in [0, 0.1) is 0 Å². The monoisotopic (exact) mass is 480 g/mol. The van der Waals surface area contributed by atoms with Crippen molar-refractivity contribution in [3.05, 3.63) is 52.6 Å². The zero-order valence-electron chi connectivity index (χ0n) is 14.7. The summed E-state index contributed by atoms with van der Waals surface area (Å²) in [5.41, 5.74) is 0.885. The number of thiophene rings is 1. The molecule has 0 atom stereocenters. The molecular formula is C17H17BrN6O2S2. The van der Waals surface area contributed by atoms with Crippen LogP contribution in [0.1, 0.15) is 0 Å². The first kappa shape index (κ1) is 19.2. The van der Waals surface area contributed by atoms with E-state index in [2.05, 4.69) is 36.4 Å². The van der Waals surface area contributed by atoms with E-state index in [-0.39, 0.29) is 0 Å². The smallest absolute Gasteiger partial charge is 0.252 e. The lowest BCUT2D eigenvalue weighted by molar-refractivity contribution is 0.384. The molecule has 0 bridgehead atoms. The van der Waals surface area contributed by atoms with Gasteiger partial charge in [-0.25, -0.2) is 8.42 Å². The lowest BCUT2D eigenvalue weighted by atomic mass is 10.3. The van der Waals surface area contributed by atoms with Crippen LogP contribution in [0.5, 0.6) is 0 Å². The highest BCUT2D eigenvalue weighted by molar-refractivity contribution is 9.11. The number of pyridine rings is 1. The van der Waals surface area contributed by atoms with Gasteiger partial charge in [-0.3, -0.25) is 4.98 Å². The Kier molecular flexibility index (Phi) is 5.58. The van der Waals surface area contributed by atoms with E-state index in [1.165, 1.54) is 15.6 Å². The molecule has 1 fully saturated rings. The molecule has 11 heteroatoms. The topological polar surface area (TPSA) is 91.3 Å². The van der Waals surface area contributed by atoms with Crippen molar-refractivity contribution in [1.82, 2.24) is 19.5 Å². The molecule has 4 rings (SSSR count). The van der Waals surface area contributed by atoms with Gasteiger partial charge < -0.3 is 10.2 Å². The Morgan fingerprint density at radius 3 is 2.32 bits per heavy atom. The van der Waals surface area contributed by atoms with Crippen LogP contribution in [0.25, 0.3) is 0 Å². The van der Waals surface area contributed by atoms with Crippen molar-refractivity contribution in [1.29, 1.82) is 0 Å².